The highest BCUT2D eigenvalue weighted by atomic mass is 16.2. The number of hydrogen-bond acceptors (Lipinski definition) is 2. The van der Waals surface area contributed by atoms with Gasteiger partial charge in [0.1, 0.15) is 0 Å². The second-order valence-electron chi connectivity index (χ2n) is 6.59. The number of amides is 2. The van der Waals surface area contributed by atoms with E-state index in [9.17, 15) is 9.59 Å². The van der Waals surface area contributed by atoms with Crippen molar-refractivity contribution in [2.75, 3.05) is 11.9 Å². The van der Waals surface area contributed by atoms with E-state index in [1.54, 1.807) is 11.9 Å². The maximum absolute atomic E-state index is 12.7. The minimum atomic E-state index is -0.814. The van der Waals surface area contributed by atoms with Gasteiger partial charge in [-0.1, -0.05) is 48.5 Å². The zero-order valence-electron chi connectivity index (χ0n) is 14.2. The van der Waals surface area contributed by atoms with Gasteiger partial charge in [0.2, 0.25) is 11.8 Å². The Bertz CT molecular complexity index is 772. The van der Waals surface area contributed by atoms with E-state index >= 15 is 0 Å². The molecular weight excluding hydrogens is 300 g/mol. The van der Waals surface area contributed by atoms with Crippen molar-refractivity contribution in [1.29, 1.82) is 0 Å². The van der Waals surface area contributed by atoms with Crippen molar-refractivity contribution in [2.45, 2.75) is 31.7 Å². The van der Waals surface area contributed by atoms with Gasteiger partial charge in [0.25, 0.3) is 0 Å². The van der Waals surface area contributed by atoms with E-state index < -0.39 is 5.41 Å². The topological polar surface area (TPSA) is 49.4 Å². The van der Waals surface area contributed by atoms with Crippen LogP contribution >= 0.6 is 0 Å². The normalized spacial score (nSPS) is 20.6. The molecule has 0 aromatic heterocycles. The van der Waals surface area contributed by atoms with Gasteiger partial charge in [-0.3, -0.25) is 9.59 Å². The van der Waals surface area contributed by atoms with Crippen molar-refractivity contribution in [3.63, 3.8) is 0 Å². The van der Waals surface area contributed by atoms with E-state index in [-0.39, 0.29) is 24.3 Å². The van der Waals surface area contributed by atoms with Crippen LogP contribution in [0.3, 0.4) is 0 Å². The molecule has 0 fully saturated rings. The van der Waals surface area contributed by atoms with E-state index in [1.165, 1.54) is 0 Å². The highest BCUT2D eigenvalue weighted by Gasteiger charge is 2.47. The number of anilines is 1. The lowest BCUT2D eigenvalue weighted by atomic mass is 9.80. The summed E-state index contributed by atoms with van der Waals surface area (Å²) in [6.07, 6.45) is 0.143. The van der Waals surface area contributed by atoms with Crippen molar-refractivity contribution in [3.8, 4) is 0 Å². The van der Waals surface area contributed by atoms with Crippen molar-refractivity contribution in [3.05, 3.63) is 65.7 Å². The van der Waals surface area contributed by atoms with Crippen LogP contribution in [-0.2, 0) is 15.0 Å². The van der Waals surface area contributed by atoms with Crippen molar-refractivity contribution < 1.29 is 9.59 Å². The van der Waals surface area contributed by atoms with Crippen LogP contribution in [0.2, 0.25) is 0 Å². The van der Waals surface area contributed by atoms with Crippen LogP contribution in [0.15, 0.2) is 54.6 Å². The molecule has 2 aromatic rings. The Labute approximate surface area is 142 Å². The Morgan fingerprint density at radius 1 is 1.12 bits per heavy atom. The monoisotopic (exact) mass is 322 g/mol. The number of hydrogen-bond donors (Lipinski definition) is 1. The summed E-state index contributed by atoms with van der Waals surface area (Å²) < 4.78 is 0. The molecule has 2 aromatic carbocycles. The Morgan fingerprint density at radius 2 is 1.75 bits per heavy atom. The fourth-order valence-electron chi connectivity index (χ4n) is 3.44. The Kier molecular flexibility index (Phi) is 4.14. The fraction of sp³-hybridized carbons (Fsp3) is 0.300. The molecule has 0 saturated heterocycles. The largest absolute Gasteiger partial charge is 0.350 e. The number of nitrogens with one attached hydrogen (secondary N) is 1. The van der Waals surface area contributed by atoms with Gasteiger partial charge in [-0.2, -0.15) is 0 Å². The third-order valence-corrected chi connectivity index (χ3v) is 4.83. The standard InChI is InChI=1S/C20H22N2O2/c1-14(15-9-5-4-6-10-15)21-18(23)13-20(2)16-11-7-8-12-17(16)22(3)19(20)24/h4-12,14H,13H2,1-3H3,(H,21,23)/t14-,20-/m1/s1. The lowest BCUT2D eigenvalue weighted by Gasteiger charge is -2.24. The van der Waals surface area contributed by atoms with Gasteiger partial charge in [-0.25, -0.2) is 0 Å². The maximum atomic E-state index is 12.7. The SMILES string of the molecule is C[C@@H](NC(=O)C[C@@]1(C)C(=O)N(C)c2ccccc21)c1ccccc1. The molecule has 1 aliphatic rings. The minimum Gasteiger partial charge on any atom is -0.350 e. The number of para-hydroxylation sites is 1. The Morgan fingerprint density at radius 3 is 2.46 bits per heavy atom. The summed E-state index contributed by atoms with van der Waals surface area (Å²) >= 11 is 0. The smallest absolute Gasteiger partial charge is 0.237 e. The lowest BCUT2D eigenvalue weighted by Crippen LogP contribution is -2.41. The molecule has 4 nitrogen and oxygen atoms in total. The molecule has 1 aliphatic heterocycles. The van der Waals surface area contributed by atoms with Gasteiger partial charge >= 0.3 is 0 Å². The predicted molar refractivity (Wildman–Crippen MR) is 94.8 cm³/mol. The van der Waals surface area contributed by atoms with E-state index in [0.29, 0.717) is 0 Å². The number of carbonyl (C=O) groups is 2. The molecule has 3 rings (SSSR count). The second kappa shape index (κ2) is 6.11. The van der Waals surface area contributed by atoms with E-state index in [1.807, 2.05) is 68.4 Å². The number of benzene rings is 2. The van der Waals surface area contributed by atoms with Crippen LogP contribution in [-0.4, -0.2) is 18.9 Å². The molecule has 24 heavy (non-hydrogen) atoms. The average molecular weight is 322 g/mol. The average Bonchev–Trinajstić information content (AvgIpc) is 2.78. The molecule has 124 valence electrons. The van der Waals surface area contributed by atoms with Gasteiger partial charge in [-0.15, -0.1) is 0 Å². The van der Waals surface area contributed by atoms with Gasteiger partial charge in [0.05, 0.1) is 11.5 Å². The van der Waals surface area contributed by atoms with E-state index in [0.717, 1.165) is 16.8 Å². The number of nitrogens with zero attached hydrogens (tertiary/aromatic N) is 1. The molecule has 1 heterocycles. The van der Waals surface area contributed by atoms with Crippen LogP contribution in [0, 0.1) is 0 Å². The third-order valence-electron chi connectivity index (χ3n) is 4.83. The molecule has 1 N–H and O–H groups in total. The quantitative estimate of drug-likeness (QED) is 0.940. The summed E-state index contributed by atoms with van der Waals surface area (Å²) in [5, 5.41) is 3.00. The Hall–Kier alpha value is -2.62. The maximum Gasteiger partial charge on any atom is 0.237 e. The van der Waals surface area contributed by atoms with Gasteiger partial charge in [-0.05, 0) is 31.0 Å². The highest BCUT2D eigenvalue weighted by molar-refractivity contribution is 6.09. The number of rotatable bonds is 4. The summed E-state index contributed by atoms with van der Waals surface area (Å²) in [5.74, 6) is -0.154. The first-order valence-electron chi connectivity index (χ1n) is 8.15. The van der Waals surface area contributed by atoms with Crippen molar-refractivity contribution in [2.24, 2.45) is 0 Å². The molecule has 2 amide bonds. The van der Waals surface area contributed by atoms with Crippen LogP contribution in [0.5, 0.6) is 0 Å². The van der Waals surface area contributed by atoms with Gasteiger partial charge in [0.15, 0.2) is 0 Å². The van der Waals surface area contributed by atoms with Crippen molar-refractivity contribution in [1.82, 2.24) is 5.32 Å². The molecule has 0 saturated carbocycles. The second-order valence-corrected chi connectivity index (χ2v) is 6.59. The van der Waals surface area contributed by atoms with E-state index in [2.05, 4.69) is 5.32 Å². The molecule has 0 bridgehead atoms. The molecule has 0 aliphatic carbocycles. The van der Waals surface area contributed by atoms with Crippen LogP contribution in [0.25, 0.3) is 0 Å². The number of carbonyl (C=O) groups excluding carboxylic acids is 2. The molecule has 0 unspecified atom stereocenters. The minimum absolute atomic E-state index is 0.0359. The molecule has 0 radical (unpaired) electrons. The van der Waals surface area contributed by atoms with Crippen LogP contribution < -0.4 is 10.2 Å². The number of likely N-dealkylation sites (N-methyl/N-ethyl adjacent to an activating group) is 1. The lowest BCUT2D eigenvalue weighted by molar-refractivity contribution is -0.129. The number of fused-ring (bicyclic) bond motifs is 1. The zero-order chi connectivity index (χ0) is 17.3. The molecule has 2 atom stereocenters. The summed E-state index contributed by atoms with van der Waals surface area (Å²) in [4.78, 5) is 26.9. The van der Waals surface area contributed by atoms with Crippen LogP contribution in [0.4, 0.5) is 5.69 Å². The summed E-state index contributed by atoms with van der Waals surface area (Å²) in [6, 6.07) is 17.4. The summed E-state index contributed by atoms with van der Waals surface area (Å²) in [5.41, 5.74) is 2.03. The molecule has 4 heteroatoms. The van der Waals surface area contributed by atoms with Crippen LogP contribution in [0.1, 0.15) is 37.4 Å². The first kappa shape index (κ1) is 16.2. The molecule has 0 spiro atoms. The fourth-order valence-corrected chi connectivity index (χ4v) is 3.44. The van der Waals surface area contributed by atoms with Crippen molar-refractivity contribution >= 4 is 17.5 Å². The zero-order valence-corrected chi connectivity index (χ0v) is 14.2. The first-order valence-corrected chi connectivity index (χ1v) is 8.15. The summed E-state index contributed by atoms with van der Waals surface area (Å²) in [7, 11) is 1.76. The summed E-state index contributed by atoms with van der Waals surface area (Å²) in [6.45, 7) is 3.80. The van der Waals surface area contributed by atoms with Gasteiger partial charge < -0.3 is 10.2 Å². The van der Waals surface area contributed by atoms with E-state index in [4.69, 9.17) is 0 Å². The highest BCUT2D eigenvalue weighted by Crippen LogP contribution is 2.42. The third kappa shape index (κ3) is 2.68. The molecular formula is C20H22N2O2. The van der Waals surface area contributed by atoms with Gasteiger partial charge in [0, 0.05) is 19.2 Å². The predicted octanol–water partition coefficient (Wildman–Crippen LogP) is 3.19. The first-order chi connectivity index (χ1) is 11.4. The Balaban J connectivity index is 1.78.